The van der Waals surface area contributed by atoms with Crippen LogP contribution in [0.3, 0.4) is 0 Å². The molecule has 0 aromatic rings. The van der Waals surface area contributed by atoms with E-state index in [-0.39, 0.29) is 5.60 Å². The summed E-state index contributed by atoms with van der Waals surface area (Å²) < 4.78 is 8.51. The molecule has 0 N–H and O–H groups in total. The van der Waals surface area contributed by atoms with E-state index >= 15 is 0 Å². The maximum Gasteiger partial charge on any atom is 0.207 e. The molecule has 2 saturated heterocycles. The first kappa shape index (κ1) is 9.84. The van der Waals surface area contributed by atoms with Crippen molar-refractivity contribution in [3.8, 4) is 0 Å². The fourth-order valence-corrected chi connectivity index (χ4v) is 5.70. The Morgan fingerprint density at radius 1 is 1.29 bits per heavy atom. The van der Waals surface area contributed by atoms with E-state index in [1.807, 2.05) is 0 Å². The summed E-state index contributed by atoms with van der Waals surface area (Å²) in [5.74, 6) is 0. The SMILES string of the molecule is ClP1OC2(CCCC2)C[C@@H]2CCCN21. The standard InChI is InChI=1S/C10H17ClNOP/c11-14-12-7-3-4-9(12)8-10(13-14)5-1-2-6-10/h9H,1-8H2/t9-,14?/m0/s1. The van der Waals surface area contributed by atoms with Gasteiger partial charge in [0.1, 0.15) is 0 Å². The van der Waals surface area contributed by atoms with Crippen molar-refractivity contribution in [1.82, 2.24) is 4.67 Å². The largest absolute Gasteiger partial charge is 0.325 e. The van der Waals surface area contributed by atoms with Crippen LogP contribution in [0, 0.1) is 0 Å². The molecule has 2 aliphatic heterocycles. The van der Waals surface area contributed by atoms with Gasteiger partial charge < -0.3 is 4.52 Å². The van der Waals surface area contributed by atoms with Gasteiger partial charge in [0.05, 0.1) is 5.60 Å². The highest BCUT2D eigenvalue weighted by Crippen LogP contribution is 2.61. The Bertz CT molecular complexity index is 232. The molecular weight excluding hydrogens is 217 g/mol. The molecule has 1 unspecified atom stereocenters. The molecule has 1 aliphatic carbocycles. The van der Waals surface area contributed by atoms with E-state index in [4.69, 9.17) is 15.8 Å². The van der Waals surface area contributed by atoms with Crippen molar-refractivity contribution in [3.05, 3.63) is 0 Å². The second-order valence-corrected chi connectivity index (χ2v) is 6.89. The number of hydrogen-bond donors (Lipinski definition) is 0. The number of rotatable bonds is 0. The lowest BCUT2D eigenvalue weighted by Crippen LogP contribution is -2.42. The molecule has 3 fully saturated rings. The van der Waals surface area contributed by atoms with Crippen LogP contribution in [0.25, 0.3) is 0 Å². The van der Waals surface area contributed by atoms with Gasteiger partial charge >= 0.3 is 0 Å². The summed E-state index contributed by atoms with van der Waals surface area (Å²) >= 11 is 6.36. The number of hydrogen-bond acceptors (Lipinski definition) is 2. The van der Waals surface area contributed by atoms with Gasteiger partial charge in [0.2, 0.25) is 7.65 Å². The number of nitrogens with zero attached hydrogens (tertiary/aromatic N) is 1. The normalized spacial score (nSPS) is 41.8. The molecule has 2 atom stereocenters. The molecule has 4 heteroatoms. The van der Waals surface area contributed by atoms with E-state index in [9.17, 15) is 0 Å². The van der Waals surface area contributed by atoms with Gasteiger partial charge in [-0.15, -0.1) is 0 Å². The van der Waals surface area contributed by atoms with Crippen LogP contribution in [0.2, 0.25) is 0 Å². The van der Waals surface area contributed by atoms with E-state index in [1.165, 1.54) is 44.9 Å². The Kier molecular flexibility index (Phi) is 2.52. The third kappa shape index (κ3) is 1.51. The lowest BCUT2D eigenvalue weighted by Gasteiger charge is -2.44. The lowest BCUT2D eigenvalue weighted by molar-refractivity contribution is 0.0310. The molecule has 0 aromatic carbocycles. The third-order valence-corrected chi connectivity index (χ3v) is 6.20. The fourth-order valence-electron chi connectivity index (χ4n) is 3.23. The van der Waals surface area contributed by atoms with E-state index in [2.05, 4.69) is 4.67 Å². The van der Waals surface area contributed by atoms with Crippen molar-refractivity contribution in [2.45, 2.75) is 56.6 Å². The van der Waals surface area contributed by atoms with Gasteiger partial charge in [-0.05, 0) is 43.3 Å². The summed E-state index contributed by atoms with van der Waals surface area (Å²) in [5, 5.41) is 0. The molecule has 0 aromatic heterocycles. The van der Waals surface area contributed by atoms with Crippen LogP contribution in [-0.2, 0) is 4.52 Å². The van der Waals surface area contributed by atoms with E-state index in [0.717, 1.165) is 12.6 Å². The summed E-state index contributed by atoms with van der Waals surface area (Å²) in [6.45, 7) is 1.16. The Labute approximate surface area is 91.6 Å². The molecule has 2 nitrogen and oxygen atoms in total. The molecule has 1 spiro atoms. The Morgan fingerprint density at radius 2 is 2.07 bits per heavy atom. The Hall–Kier alpha value is 0.640. The van der Waals surface area contributed by atoms with Gasteiger partial charge in [0.15, 0.2) is 0 Å². The van der Waals surface area contributed by atoms with Gasteiger partial charge in [-0.1, -0.05) is 12.8 Å². The van der Waals surface area contributed by atoms with Gasteiger partial charge in [0.25, 0.3) is 0 Å². The molecule has 0 radical (unpaired) electrons. The quantitative estimate of drug-likeness (QED) is 0.592. The van der Waals surface area contributed by atoms with Gasteiger partial charge in [0, 0.05) is 12.6 Å². The second-order valence-electron chi connectivity index (χ2n) is 4.87. The topological polar surface area (TPSA) is 12.5 Å². The zero-order valence-corrected chi connectivity index (χ0v) is 10.1. The highest BCUT2D eigenvalue weighted by Gasteiger charge is 2.48. The highest BCUT2D eigenvalue weighted by molar-refractivity contribution is 7.78. The van der Waals surface area contributed by atoms with Crippen LogP contribution in [0.4, 0.5) is 0 Å². The zero-order valence-electron chi connectivity index (χ0n) is 8.41. The molecule has 2 heterocycles. The maximum atomic E-state index is 6.36. The minimum absolute atomic E-state index is 0.193. The Morgan fingerprint density at radius 3 is 2.86 bits per heavy atom. The van der Waals surface area contributed by atoms with Gasteiger partial charge in [-0.3, -0.25) is 0 Å². The average Bonchev–Trinajstić information content (AvgIpc) is 2.75. The maximum absolute atomic E-state index is 6.36. The van der Waals surface area contributed by atoms with E-state index < -0.39 is 7.65 Å². The molecule has 80 valence electrons. The monoisotopic (exact) mass is 233 g/mol. The zero-order chi connectivity index (χ0) is 9.60. The number of halogens is 1. The minimum atomic E-state index is -0.786. The van der Waals surface area contributed by atoms with Crippen LogP contribution in [-0.4, -0.2) is 22.9 Å². The summed E-state index contributed by atoms with van der Waals surface area (Å²) in [4.78, 5) is 0. The third-order valence-electron chi connectivity index (χ3n) is 3.94. The van der Waals surface area contributed by atoms with Gasteiger partial charge in [-0.25, -0.2) is 4.67 Å². The predicted octanol–water partition coefficient (Wildman–Crippen LogP) is 3.65. The summed E-state index contributed by atoms with van der Waals surface area (Å²) in [5.41, 5.74) is 0.193. The van der Waals surface area contributed by atoms with Gasteiger partial charge in [-0.2, -0.15) is 0 Å². The van der Waals surface area contributed by atoms with Crippen LogP contribution in [0.1, 0.15) is 44.9 Å². The highest BCUT2D eigenvalue weighted by atomic mass is 35.7. The number of fused-ring (bicyclic) bond motifs is 1. The molecule has 1 saturated carbocycles. The molecule has 3 aliphatic rings. The van der Waals surface area contributed by atoms with Crippen molar-refractivity contribution in [1.29, 1.82) is 0 Å². The fraction of sp³-hybridized carbons (Fsp3) is 1.00. The van der Waals surface area contributed by atoms with Crippen LogP contribution in [0.5, 0.6) is 0 Å². The minimum Gasteiger partial charge on any atom is -0.325 e. The van der Waals surface area contributed by atoms with E-state index in [1.54, 1.807) is 0 Å². The summed E-state index contributed by atoms with van der Waals surface area (Å²) in [7, 11) is -0.786. The van der Waals surface area contributed by atoms with E-state index in [0.29, 0.717) is 0 Å². The van der Waals surface area contributed by atoms with Crippen molar-refractivity contribution in [2.75, 3.05) is 6.54 Å². The lowest BCUT2D eigenvalue weighted by atomic mass is 9.92. The first-order valence-corrected chi connectivity index (χ1v) is 7.82. The average molecular weight is 234 g/mol. The molecular formula is C10H17ClNOP. The smallest absolute Gasteiger partial charge is 0.207 e. The summed E-state index contributed by atoms with van der Waals surface area (Å²) in [6, 6.07) is 0.741. The van der Waals surface area contributed by atoms with Crippen molar-refractivity contribution >= 4 is 18.9 Å². The second kappa shape index (κ2) is 3.59. The molecule has 14 heavy (non-hydrogen) atoms. The first-order chi connectivity index (χ1) is 6.79. The first-order valence-electron chi connectivity index (χ1n) is 5.71. The van der Waals surface area contributed by atoms with Crippen molar-refractivity contribution < 1.29 is 4.52 Å². The van der Waals surface area contributed by atoms with Crippen molar-refractivity contribution in [2.24, 2.45) is 0 Å². The van der Waals surface area contributed by atoms with Crippen LogP contribution in [0.15, 0.2) is 0 Å². The summed E-state index contributed by atoms with van der Waals surface area (Å²) in [6.07, 6.45) is 9.09. The molecule has 0 bridgehead atoms. The van der Waals surface area contributed by atoms with Crippen molar-refractivity contribution in [3.63, 3.8) is 0 Å². The van der Waals surface area contributed by atoms with Crippen LogP contribution >= 0.6 is 18.9 Å². The Balaban J connectivity index is 1.79. The molecule has 0 amide bonds. The van der Waals surface area contributed by atoms with Crippen LogP contribution < -0.4 is 0 Å². The predicted molar refractivity (Wildman–Crippen MR) is 59.4 cm³/mol. The molecule has 3 rings (SSSR count).